The number of carbonyl (C=O) groups is 2. The number of hydrogen-bond acceptors (Lipinski definition) is 3. The first kappa shape index (κ1) is 32.9. The number of nitrogens with one attached hydrogen (secondary N) is 2. The largest absolute Gasteiger partial charge is 0.434 e. The summed E-state index contributed by atoms with van der Waals surface area (Å²) in [7, 11) is 0. The summed E-state index contributed by atoms with van der Waals surface area (Å²) in [4.78, 5) is 23.4. The van der Waals surface area contributed by atoms with Gasteiger partial charge in [-0.3, -0.25) is 9.59 Å². The molecule has 5 nitrogen and oxygen atoms in total. The topological polar surface area (TPSA) is 67.4 Å². The fraction of sp³-hybridized carbons (Fsp3) is 0.789. The Labute approximate surface area is 193 Å². The van der Waals surface area contributed by atoms with Crippen molar-refractivity contribution in [3.8, 4) is 0 Å². The normalized spacial score (nSPS) is 17.3. The summed E-state index contributed by atoms with van der Waals surface area (Å²) >= 11 is 0. The number of carbonyl (C=O) groups excluding carboxylic acids is 2. The van der Waals surface area contributed by atoms with Crippen molar-refractivity contribution in [1.82, 2.24) is 10.6 Å². The van der Waals surface area contributed by atoms with Crippen molar-refractivity contribution in [3.05, 3.63) is 12.2 Å². The molecule has 35 heavy (non-hydrogen) atoms. The zero-order valence-corrected chi connectivity index (χ0v) is 19.2. The second-order valence-electron chi connectivity index (χ2n) is 8.56. The van der Waals surface area contributed by atoms with Crippen LogP contribution in [0, 0.1) is 0 Å². The maximum atomic E-state index is 15.2. The Kier molecular flexibility index (Phi) is 9.47. The molecule has 0 aliphatic carbocycles. The highest BCUT2D eigenvalue weighted by molar-refractivity contribution is 5.92. The van der Waals surface area contributed by atoms with E-state index in [0.29, 0.717) is 0 Å². The highest BCUT2D eigenvalue weighted by Gasteiger charge is 2.82. The van der Waals surface area contributed by atoms with Crippen LogP contribution >= 0.6 is 0 Å². The summed E-state index contributed by atoms with van der Waals surface area (Å²) in [5.74, 6) is -3.31. The Hall–Kier alpha value is -2.13. The molecule has 2 amide bonds. The van der Waals surface area contributed by atoms with Crippen LogP contribution < -0.4 is 10.6 Å². The molecule has 206 valence electrons. The molecule has 0 radical (unpaired) electrons. The van der Waals surface area contributed by atoms with E-state index >= 15 is 4.39 Å². The highest BCUT2D eigenvalue weighted by Crippen LogP contribution is 2.56. The van der Waals surface area contributed by atoms with Crippen molar-refractivity contribution in [1.29, 1.82) is 0 Å². The van der Waals surface area contributed by atoms with E-state index in [9.17, 15) is 53.5 Å². The van der Waals surface area contributed by atoms with Gasteiger partial charge in [0, 0.05) is 18.7 Å². The summed E-state index contributed by atoms with van der Waals surface area (Å²) in [5, 5.41) is 3.62. The van der Waals surface area contributed by atoms with Gasteiger partial charge in [0.05, 0.1) is 0 Å². The van der Waals surface area contributed by atoms with Gasteiger partial charge in [0.1, 0.15) is 5.60 Å². The number of rotatable bonds is 11. The van der Waals surface area contributed by atoms with Gasteiger partial charge in [-0.05, 0) is 41.0 Å². The standard InChI is InChI=1S/C19H25F11N2O3/c1-10(2)11(33)31-8-7-9-32-12(34)15(21,17(23,24)25)14(5,6)35-19(29,30)16(22,13(3,4)20)18(26,27)28/h1,7-9H2,2-6H3,(H,31,33)(H,32,34). The van der Waals surface area contributed by atoms with Crippen molar-refractivity contribution in [3.63, 3.8) is 0 Å². The van der Waals surface area contributed by atoms with Crippen LogP contribution in [0.1, 0.15) is 41.0 Å². The van der Waals surface area contributed by atoms with Gasteiger partial charge in [0.2, 0.25) is 5.91 Å². The van der Waals surface area contributed by atoms with Gasteiger partial charge in [0.25, 0.3) is 5.91 Å². The minimum absolute atomic E-state index is 0.0629. The van der Waals surface area contributed by atoms with Crippen LogP contribution in [0.15, 0.2) is 12.2 Å². The van der Waals surface area contributed by atoms with Crippen LogP contribution in [-0.2, 0) is 14.3 Å². The predicted octanol–water partition coefficient (Wildman–Crippen LogP) is 4.86. The molecule has 0 fully saturated rings. The first-order chi connectivity index (χ1) is 15.2. The van der Waals surface area contributed by atoms with Crippen molar-refractivity contribution in [2.24, 2.45) is 0 Å². The Balaban J connectivity index is 6.04. The van der Waals surface area contributed by atoms with E-state index in [0.717, 1.165) is 0 Å². The smallest absolute Gasteiger partial charge is 0.353 e. The molecule has 0 aliphatic rings. The lowest BCUT2D eigenvalue weighted by atomic mass is 9.83. The van der Waals surface area contributed by atoms with Gasteiger partial charge in [-0.15, -0.1) is 0 Å². The van der Waals surface area contributed by atoms with Crippen LogP contribution in [0.3, 0.4) is 0 Å². The lowest BCUT2D eigenvalue weighted by Crippen LogP contribution is -2.72. The molecule has 2 unspecified atom stereocenters. The molecule has 0 heterocycles. The number of ether oxygens (including phenoxy) is 1. The molecule has 0 bridgehead atoms. The molecule has 16 heteroatoms. The minimum atomic E-state index is -6.74. The third kappa shape index (κ3) is 6.36. The molecule has 0 rings (SSSR count). The molecule has 0 aromatic rings. The average Bonchev–Trinajstić information content (AvgIpc) is 2.61. The lowest BCUT2D eigenvalue weighted by Gasteiger charge is -2.46. The molecule has 0 aliphatic heterocycles. The molecule has 2 atom stereocenters. The van der Waals surface area contributed by atoms with Gasteiger partial charge >= 0.3 is 29.8 Å². The second kappa shape index (κ2) is 10.1. The van der Waals surface area contributed by atoms with E-state index in [2.05, 4.69) is 16.6 Å². The zero-order chi connectivity index (χ0) is 28.5. The SMILES string of the molecule is C=C(C)C(=O)NCCCNC(=O)C(F)(C(F)(F)F)C(C)(C)OC(F)(F)C(F)(C(C)(C)F)C(F)(F)F. The number of amides is 2. The fourth-order valence-electron chi connectivity index (χ4n) is 2.82. The molecule has 0 aromatic carbocycles. The van der Waals surface area contributed by atoms with Gasteiger partial charge in [-0.1, -0.05) is 6.58 Å². The number of hydrogen-bond donors (Lipinski definition) is 2. The maximum absolute atomic E-state index is 15.2. The van der Waals surface area contributed by atoms with Crippen LogP contribution in [-0.4, -0.2) is 66.0 Å². The highest BCUT2D eigenvalue weighted by atomic mass is 19.4. The number of halogens is 11. The molecule has 2 N–H and O–H groups in total. The fourth-order valence-corrected chi connectivity index (χ4v) is 2.82. The van der Waals surface area contributed by atoms with Gasteiger partial charge in [-0.25, -0.2) is 13.2 Å². The van der Waals surface area contributed by atoms with Crippen molar-refractivity contribution in [2.75, 3.05) is 13.1 Å². The first-order valence-electron chi connectivity index (χ1n) is 9.71. The van der Waals surface area contributed by atoms with E-state index in [-0.39, 0.29) is 46.2 Å². The summed E-state index contributed by atoms with van der Waals surface area (Å²) in [6, 6.07) is 0. The Morgan fingerprint density at radius 3 is 1.54 bits per heavy atom. The van der Waals surface area contributed by atoms with E-state index in [1.807, 2.05) is 0 Å². The van der Waals surface area contributed by atoms with E-state index in [1.54, 1.807) is 0 Å². The number of alkyl halides is 11. The summed E-state index contributed by atoms with van der Waals surface area (Å²) in [6.45, 7) is 2.68. The monoisotopic (exact) mass is 538 g/mol. The van der Waals surface area contributed by atoms with Crippen LogP contribution in [0.2, 0.25) is 0 Å². The van der Waals surface area contributed by atoms with Crippen molar-refractivity contribution < 1.29 is 62.6 Å². The molecule has 0 saturated carbocycles. The average molecular weight is 538 g/mol. The molecule has 0 aromatic heterocycles. The molecule has 0 saturated heterocycles. The molecule has 0 spiro atoms. The van der Waals surface area contributed by atoms with Gasteiger partial charge in [-0.2, -0.15) is 35.1 Å². The second-order valence-corrected chi connectivity index (χ2v) is 8.56. The zero-order valence-electron chi connectivity index (χ0n) is 19.2. The minimum Gasteiger partial charge on any atom is -0.353 e. The Morgan fingerprint density at radius 2 is 1.20 bits per heavy atom. The molecular formula is C19H25F11N2O3. The van der Waals surface area contributed by atoms with Crippen LogP contribution in [0.5, 0.6) is 0 Å². The Morgan fingerprint density at radius 1 is 0.771 bits per heavy atom. The van der Waals surface area contributed by atoms with Crippen molar-refractivity contribution in [2.45, 2.75) is 82.1 Å². The van der Waals surface area contributed by atoms with E-state index < -0.39 is 59.4 Å². The van der Waals surface area contributed by atoms with E-state index in [4.69, 9.17) is 0 Å². The Bertz CT molecular complexity index is 787. The van der Waals surface area contributed by atoms with Crippen molar-refractivity contribution >= 4 is 11.8 Å². The summed E-state index contributed by atoms with van der Waals surface area (Å²) in [6.07, 6.45) is -19.8. The third-order valence-electron chi connectivity index (χ3n) is 4.84. The van der Waals surface area contributed by atoms with Crippen LogP contribution in [0.4, 0.5) is 48.3 Å². The van der Waals surface area contributed by atoms with Gasteiger partial charge < -0.3 is 15.4 Å². The summed E-state index contributed by atoms with van der Waals surface area (Å²) in [5.41, 5.74) is -20.3. The van der Waals surface area contributed by atoms with E-state index in [1.165, 1.54) is 12.2 Å². The quantitative estimate of drug-likeness (QED) is 0.224. The predicted molar refractivity (Wildman–Crippen MR) is 101 cm³/mol. The van der Waals surface area contributed by atoms with Crippen LogP contribution in [0.25, 0.3) is 0 Å². The molecular weight excluding hydrogens is 513 g/mol. The summed E-state index contributed by atoms with van der Waals surface area (Å²) < 4.78 is 156. The lowest BCUT2D eigenvalue weighted by molar-refractivity contribution is -0.438. The third-order valence-corrected chi connectivity index (χ3v) is 4.84. The first-order valence-corrected chi connectivity index (χ1v) is 9.71. The maximum Gasteiger partial charge on any atom is 0.434 e. The van der Waals surface area contributed by atoms with Gasteiger partial charge in [0.15, 0.2) is 5.67 Å².